The van der Waals surface area contributed by atoms with Crippen LogP contribution in [0.3, 0.4) is 0 Å². The summed E-state index contributed by atoms with van der Waals surface area (Å²) in [5, 5.41) is 1.41. The molecule has 0 heterocycles. The Labute approximate surface area is 134 Å². The van der Waals surface area contributed by atoms with Gasteiger partial charge in [0, 0.05) is 23.4 Å². The zero-order chi connectivity index (χ0) is 15.7. The third-order valence-electron chi connectivity index (χ3n) is 2.82. The van der Waals surface area contributed by atoms with Gasteiger partial charge in [-0.05, 0) is 6.92 Å². The molecule has 3 nitrogen and oxygen atoms in total. The average molecular weight is 338 g/mol. The van der Waals surface area contributed by atoms with Crippen molar-refractivity contribution in [3.63, 3.8) is 0 Å². The first-order valence-electron chi connectivity index (χ1n) is 6.10. The van der Waals surface area contributed by atoms with Crippen molar-refractivity contribution >= 4 is 13.5 Å². The van der Waals surface area contributed by atoms with Crippen LogP contribution in [0.2, 0.25) is 13.1 Å². The molecule has 0 fully saturated rings. The smallest absolute Gasteiger partial charge is 0 e. The Morgan fingerprint density at radius 1 is 1.20 bits per heavy atom. The minimum Gasteiger partial charge on any atom is 0 e. The molecule has 0 saturated carbocycles. The van der Waals surface area contributed by atoms with E-state index in [4.69, 9.17) is 13.7 Å². The molecule has 0 aliphatic heterocycles. The van der Waals surface area contributed by atoms with E-state index in [0.29, 0.717) is 0 Å². The van der Waals surface area contributed by atoms with Gasteiger partial charge in [-0.15, -0.1) is 5.19 Å². The Morgan fingerprint density at radius 2 is 1.65 bits per heavy atom. The Balaban J connectivity index is -0.000000529. The van der Waals surface area contributed by atoms with E-state index in [1.807, 2.05) is 0 Å². The molecule has 1 rings (SSSR count). The first kappa shape index (κ1) is 24.5. The second-order valence-corrected chi connectivity index (χ2v) is 9.47. The first-order chi connectivity index (χ1) is 8.77. The molecule has 0 amide bonds. The molecule has 5 heteroatoms. The van der Waals surface area contributed by atoms with Crippen LogP contribution in [0, 0.1) is 13.3 Å². The molecule has 0 atom stereocenters. The Kier molecular flexibility index (Phi) is 13.7. The molecule has 0 spiro atoms. The van der Waals surface area contributed by atoms with Crippen LogP contribution >= 0.6 is 0 Å². The van der Waals surface area contributed by atoms with E-state index in [-0.39, 0.29) is 22.2 Å². The van der Waals surface area contributed by atoms with E-state index in [1.54, 1.807) is 0 Å². The molecule has 0 aliphatic carbocycles. The van der Waals surface area contributed by atoms with Gasteiger partial charge in [0.25, 0.3) is 0 Å². The molecular formula is C15H23CoO3Si-. The fourth-order valence-corrected chi connectivity index (χ4v) is 3.60. The summed E-state index contributed by atoms with van der Waals surface area (Å²) in [7, 11) is -1.64. The van der Waals surface area contributed by atoms with Gasteiger partial charge >= 0.3 is 22.6 Å². The van der Waals surface area contributed by atoms with Gasteiger partial charge in [0.15, 0.2) is 8.32 Å². The summed E-state index contributed by atoms with van der Waals surface area (Å²) in [6.45, 7) is 23.2. The van der Waals surface area contributed by atoms with Crippen molar-refractivity contribution in [3.8, 4) is 0 Å². The molecule has 0 unspecified atom stereocenters. The van der Waals surface area contributed by atoms with E-state index < -0.39 is 8.32 Å². The maximum Gasteiger partial charge on any atom is 0 e. The van der Waals surface area contributed by atoms with Crippen LogP contribution in [0.1, 0.15) is 33.3 Å². The first-order valence-corrected chi connectivity index (χ1v) is 9.00. The maximum absolute atomic E-state index is 7.50. The summed E-state index contributed by atoms with van der Waals surface area (Å²) < 4.78 is 20.9. The largest absolute Gasteiger partial charge is 0 e. The fraction of sp³-hybridized carbons (Fsp3) is 0.533. The summed E-state index contributed by atoms with van der Waals surface area (Å²) in [6, 6.07) is 6.80. The third kappa shape index (κ3) is 7.95. The normalized spacial score (nSPS) is 10.1. The molecule has 0 N–H and O–H groups in total. The van der Waals surface area contributed by atoms with Gasteiger partial charge in [-0.3, -0.25) is 0 Å². The molecule has 0 aromatic heterocycles. The predicted octanol–water partition coefficient (Wildman–Crippen LogP) is 3.07. The standard InChI is InChI=1S/C13H23OSi.2CO.Co/c1-7-14-15(5,6)12-9-8-11(10-12)13(2,3)4;2*1-2;/h8-10H,7H2,1-6H3;;;/q-1;;;. The molecule has 20 heavy (non-hydrogen) atoms. The molecular weight excluding hydrogens is 315 g/mol. The summed E-state index contributed by atoms with van der Waals surface area (Å²) in [4.78, 5) is 0. The van der Waals surface area contributed by atoms with Crippen LogP contribution in [0.25, 0.3) is 0 Å². The monoisotopic (exact) mass is 338 g/mol. The predicted molar refractivity (Wildman–Crippen MR) is 77.3 cm³/mol. The van der Waals surface area contributed by atoms with E-state index in [9.17, 15) is 0 Å². The summed E-state index contributed by atoms with van der Waals surface area (Å²) in [5.41, 5.74) is 1.66. The van der Waals surface area contributed by atoms with Gasteiger partial charge in [-0.1, -0.05) is 39.3 Å². The van der Waals surface area contributed by atoms with Crippen molar-refractivity contribution in [2.45, 2.75) is 46.2 Å². The Morgan fingerprint density at radius 3 is 1.95 bits per heavy atom. The SMILES string of the molecule is CCO[Si](C)(C)[c-]1ccc(C(C)(C)C)c1.[C-]#[O+].[C-]#[O+].[Co]. The zero-order valence-corrected chi connectivity index (χ0v) is 15.0. The van der Waals surface area contributed by atoms with Crippen LogP contribution in [-0.4, -0.2) is 14.9 Å². The summed E-state index contributed by atoms with van der Waals surface area (Å²) in [5.74, 6) is 0. The van der Waals surface area contributed by atoms with Crippen molar-refractivity contribution in [1.82, 2.24) is 0 Å². The minimum absolute atomic E-state index is 0. The molecule has 0 aliphatic rings. The van der Waals surface area contributed by atoms with E-state index in [2.05, 4.69) is 72.3 Å². The number of rotatable bonds is 3. The van der Waals surface area contributed by atoms with E-state index >= 15 is 0 Å². The zero-order valence-electron chi connectivity index (χ0n) is 13.0. The number of hydrogen-bond acceptors (Lipinski definition) is 1. The van der Waals surface area contributed by atoms with E-state index in [0.717, 1.165) is 6.61 Å². The summed E-state index contributed by atoms with van der Waals surface area (Å²) in [6.07, 6.45) is 0. The fourth-order valence-electron chi connectivity index (χ4n) is 1.73. The van der Waals surface area contributed by atoms with Crippen LogP contribution in [0.5, 0.6) is 0 Å². The van der Waals surface area contributed by atoms with Crippen molar-refractivity contribution in [2.75, 3.05) is 6.61 Å². The summed E-state index contributed by atoms with van der Waals surface area (Å²) >= 11 is 0. The van der Waals surface area contributed by atoms with Gasteiger partial charge < -0.3 is 4.43 Å². The van der Waals surface area contributed by atoms with Crippen molar-refractivity contribution in [2.24, 2.45) is 0 Å². The molecule has 0 saturated heterocycles. The molecule has 0 bridgehead atoms. The maximum atomic E-state index is 7.50. The second-order valence-electron chi connectivity index (χ2n) is 5.58. The van der Waals surface area contributed by atoms with Crippen molar-refractivity contribution < 1.29 is 30.5 Å². The van der Waals surface area contributed by atoms with Crippen LogP contribution in [0.4, 0.5) is 0 Å². The topological polar surface area (TPSA) is 49.0 Å². The average Bonchev–Trinajstić information content (AvgIpc) is 2.84. The quantitative estimate of drug-likeness (QED) is 0.475. The van der Waals surface area contributed by atoms with Crippen LogP contribution < -0.4 is 5.19 Å². The Hall–Kier alpha value is -0.487. The van der Waals surface area contributed by atoms with Gasteiger partial charge in [-0.25, -0.2) is 6.07 Å². The van der Waals surface area contributed by atoms with Crippen LogP contribution in [0.15, 0.2) is 18.2 Å². The van der Waals surface area contributed by atoms with Gasteiger partial charge in [0.2, 0.25) is 0 Å². The van der Waals surface area contributed by atoms with Crippen molar-refractivity contribution in [3.05, 3.63) is 37.1 Å². The second kappa shape index (κ2) is 11.2. The van der Waals surface area contributed by atoms with Gasteiger partial charge in [0.1, 0.15) is 0 Å². The number of hydrogen-bond donors (Lipinski definition) is 0. The van der Waals surface area contributed by atoms with Gasteiger partial charge in [-0.2, -0.15) is 17.7 Å². The Bertz CT molecular complexity index is 394. The molecule has 1 aromatic carbocycles. The molecule has 1 radical (unpaired) electrons. The van der Waals surface area contributed by atoms with E-state index in [1.165, 1.54) is 10.8 Å². The van der Waals surface area contributed by atoms with Crippen LogP contribution in [-0.2, 0) is 35.9 Å². The third-order valence-corrected chi connectivity index (χ3v) is 5.53. The molecule has 115 valence electrons. The minimum atomic E-state index is -1.64. The molecule has 1 aromatic rings. The van der Waals surface area contributed by atoms with Gasteiger partial charge in [0.05, 0.1) is 0 Å². The van der Waals surface area contributed by atoms with Crippen molar-refractivity contribution in [1.29, 1.82) is 0 Å².